The lowest BCUT2D eigenvalue weighted by molar-refractivity contribution is 0.188. The van der Waals surface area contributed by atoms with Gasteiger partial charge in [0.25, 0.3) is 0 Å². The summed E-state index contributed by atoms with van der Waals surface area (Å²) >= 11 is 5.96. The summed E-state index contributed by atoms with van der Waals surface area (Å²) in [5, 5.41) is 21.7. The first-order valence-corrected chi connectivity index (χ1v) is 7.33. The molecule has 110 valence electrons. The second kappa shape index (κ2) is 6.41. The van der Waals surface area contributed by atoms with Crippen molar-refractivity contribution in [3.8, 4) is 0 Å². The maximum atomic E-state index is 9.60. The van der Waals surface area contributed by atoms with E-state index < -0.39 is 0 Å². The van der Waals surface area contributed by atoms with Gasteiger partial charge in [0.2, 0.25) is 0 Å². The number of nitrogens with one attached hydrogen (secondary N) is 2. The Morgan fingerprint density at radius 1 is 1.70 bits per heavy atom. The molecule has 2 heterocycles. The Hall–Kier alpha value is -1.33. The van der Waals surface area contributed by atoms with Crippen LogP contribution in [0.5, 0.6) is 0 Å². The lowest BCUT2D eigenvalue weighted by atomic mass is 10.1. The number of hydrogen-bond donors (Lipinski definition) is 3. The summed E-state index contributed by atoms with van der Waals surface area (Å²) < 4.78 is 0. The first kappa shape index (κ1) is 15.1. The number of aliphatic hydroxyl groups is 1. The maximum Gasteiger partial charge on any atom is 0.131 e. The van der Waals surface area contributed by atoms with Crippen LogP contribution in [0.25, 0.3) is 0 Å². The summed E-state index contributed by atoms with van der Waals surface area (Å²) in [6.07, 6.45) is 2.97. The Morgan fingerprint density at radius 2 is 2.45 bits per heavy atom. The largest absolute Gasteiger partial charge is 0.391 e. The number of aromatic nitrogens is 1. The molecule has 2 atom stereocenters. The van der Waals surface area contributed by atoms with Gasteiger partial charge >= 0.3 is 0 Å². The van der Waals surface area contributed by atoms with Crippen LogP contribution >= 0.6 is 11.6 Å². The van der Waals surface area contributed by atoms with Crippen LogP contribution in [0, 0.1) is 5.41 Å². The summed E-state index contributed by atoms with van der Waals surface area (Å²) in [5.74, 6) is 0.386. The van der Waals surface area contributed by atoms with Gasteiger partial charge in [-0.15, -0.1) is 0 Å². The van der Waals surface area contributed by atoms with Crippen LogP contribution in [0.1, 0.15) is 32.3 Å². The molecular weight excluding hydrogens is 276 g/mol. The quantitative estimate of drug-likeness (QED) is 0.453. The summed E-state index contributed by atoms with van der Waals surface area (Å²) in [6, 6.07) is 2.05. The van der Waals surface area contributed by atoms with E-state index in [9.17, 15) is 5.11 Å². The Bertz CT molecular complexity index is 494. The standard InChI is InChI=1S/C14H21ClN4O/c1-3-9(2)18-12-6-13(15)17-7-11(12)14(16)19-5-4-10(20)8-19/h6-7,9-10,16,20H,3-5,8H2,1-2H3,(H,17,18). The van der Waals surface area contributed by atoms with Crippen LogP contribution in [0.2, 0.25) is 5.15 Å². The van der Waals surface area contributed by atoms with E-state index in [-0.39, 0.29) is 6.10 Å². The van der Waals surface area contributed by atoms with Gasteiger partial charge in [-0.1, -0.05) is 18.5 Å². The lowest BCUT2D eigenvalue weighted by Gasteiger charge is -2.22. The number of nitrogens with zero attached hydrogens (tertiary/aromatic N) is 2. The van der Waals surface area contributed by atoms with Crippen molar-refractivity contribution in [3.63, 3.8) is 0 Å². The minimum absolute atomic E-state index is 0.296. The van der Waals surface area contributed by atoms with Gasteiger partial charge in [0.1, 0.15) is 11.0 Å². The van der Waals surface area contributed by atoms with Gasteiger partial charge in [0, 0.05) is 31.0 Å². The number of amidine groups is 1. The summed E-state index contributed by atoms with van der Waals surface area (Å²) in [5.41, 5.74) is 1.55. The molecule has 1 aliphatic rings. The number of likely N-dealkylation sites (tertiary alicyclic amines) is 1. The molecule has 0 saturated carbocycles. The maximum absolute atomic E-state index is 9.60. The fraction of sp³-hybridized carbons (Fsp3) is 0.571. The first-order valence-electron chi connectivity index (χ1n) is 6.95. The molecule has 0 aromatic carbocycles. The topological polar surface area (TPSA) is 72.2 Å². The highest BCUT2D eigenvalue weighted by Gasteiger charge is 2.25. The highest BCUT2D eigenvalue weighted by Crippen LogP contribution is 2.23. The molecule has 2 rings (SSSR count). The average Bonchev–Trinajstić information content (AvgIpc) is 2.85. The van der Waals surface area contributed by atoms with E-state index in [1.807, 2.05) is 4.90 Å². The average molecular weight is 297 g/mol. The fourth-order valence-electron chi connectivity index (χ4n) is 2.22. The van der Waals surface area contributed by atoms with Gasteiger partial charge in [-0.2, -0.15) is 0 Å². The van der Waals surface area contributed by atoms with E-state index in [4.69, 9.17) is 17.0 Å². The monoisotopic (exact) mass is 296 g/mol. The molecule has 1 aromatic heterocycles. The predicted molar refractivity (Wildman–Crippen MR) is 81.6 cm³/mol. The summed E-state index contributed by atoms with van der Waals surface area (Å²) in [4.78, 5) is 5.95. The smallest absolute Gasteiger partial charge is 0.131 e. The molecule has 3 N–H and O–H groups in total. The van der Waals surface area contributed by atoms with Gasteiger partial charge < -0.3 is 15.3 Å². The van der Waals surface area contributed by atoms with Crippen molar-refractivity contribution in [2.75, 3.05) is 18.4 Å². The van der Waals surface area contributed by atoms with Crippen LogP contribution in [0.15, 0.2) is 12.3 Å². The van der Waals surface area contributed by atoms with E-state index in [2.05, 4.69) is 24.1 Å². The third kappa shape index (κ3) is 3.41. The number of aliphatic hydroxyl groups excluding tert-OH is 1. The predicted octanol–water partition coefficient (Wildman–Crippen LogP) is 2.34. The fourth-order valence-corrected chi connectivity index (χ4v) is 2.38. The van der Waals surface area contributed by atoms with Crippen molar-refractivity contribution in [3.05, 3.63) is 23.0 Å². The normalized spacial score (nSPS) is 20.0. The molecule has 1 aromatic rings. The zero-order valence-corrected chi connectivity index (χ0v) is 12.6. The molecule has 1 aliphatic heterocycles. The van der Waals surface area contributed by atoms with Gasteiger partial charge in [0.15, 0.2) is 0 Å². The van der Waals surface area contributed by atoms with Crippen LogP contribution in [-0.2, 0) is 0 Å². The van der Waals surface area contributed by atoms with Crippen molar-refractivity contribution in [2.24, 2.45) is 0 Å². The van der Waals surface area contributed by atoms with Gasteiger partial charge in [-0.05, 0) is 25.8 Å². The van der Waals surface area contributed by atoms with Crippen LogP contribution in [0.3, 0.4) is 0 Å². The highest BCUT2D eigenvalue weighted by atomic mass is 35.5. The molecule has 0 radical (unpaired) electrons. The summed E-state index contributed by atoms with van der Waals surface area (Å²) in [6.45, 7) is 5.39. The molecule has 0 aliphatic carbocycles. The van der Waals surface area contributed by atoms with Crippen molar-refractivity contribution >= 4 is 23.1 Å². The number of β-amino-alcohol motifs (C(OH)–C–C–N with tert-alkyl or cyclic N) is 1. The first-order chi connectivity index (χ1) is 9.51. The van der Waals surface area contributed by atoms with E-state index in [1.165, 1.54) is 0 Å². The molecule has 6 heteroatoms. The molecule has 5 nitrogen and oxygen atoms in total. The Morgan fingerprint density at radius 3 is 3.05 bits per heavy atom. The molecule has 0 bridgehead atoms. The number of hydrogen-bond acceptors (Lipinski definition) is 4. The minimum Gasteiger partial charge on any atom is -0.391 e. The van der Waals surface area contributed by atoms with Crippen molar-refractivity contribution in [2.45, 2.75) is 38.8 Å². The van der Waals surface area contributed by atoms with E-state index in [0.29, 0.717) is 36.5 Å². The zero-order valence-electron chi connectivity index (χ0n) is 11.9. The van der Waals surface area contributed by atoms with Crippen LogP contribution in [0.4, 0.5) is 5.69 Å². The van der Waals surface area contributed by atoms with Gasteiger partial charge in [-0.25, -0.2) is 4.98 Å². The molecule has 20 heavy (non-hydrogen) atoms. The third-order valence-electron chi connectivity index (χ3n) is 3.62. The second-order valence-corrected chi connectivity index (χ2v) is 5.63. The molecule has 0 amide bonds. The molecule has 1 saturated heterocycles. The zero-order chi connectivity index (χ0) is 14.7. The molecule has 2 unspecified atom stereocenters. The van der Waals surface area contributed by atoms with E-state index >= 15 is 0 Å². The number of anilines is 1. The van der Waals surface area contributed by atoms with Crippen molar-refractivity contribution < 1.29 is 5.11 Å². The van der Waals surface area contributed by atoms with Crippen molar-refractivity contribution in [1.82, 2.24) is 9.88 Å². The Labute approximate surface area is 124 Å². The minimum atomic E-state index is -0.346. The van der Waals surface area contributed by atoms with E-state index in [1.54, 1.807) is 12.3 Å². The van der Waals surface area contributed by atoms with Gasteiger partial charge in [-0.3, -0.25) is 5.41 Å². The molecular formula is C14H21ClN4O. The SMILES string of the molecule is CCC(C)Nc1cc(Cl)ncc1C(=N)N1CCC(O)C1. The van der Waals surface area contributed by atoms with E-state index in [0.717, 1.165) is 17.7 Å². The second-order valence-electron chi connectivity index (χ2n) is 5.24. The highest BCUT2D eigenvalue weighted by molar-refractivity contribution is 6.29. The third-order valence-corrected chi connectivity index (χ3v) is 3.83. The Balaban J connectivity index is 2.23. The molecule has 1 fully saturated rings. The van der Waals surface area contributed by atoms with Crippen LogP contribution in [-0.4, -0.2) is 46.1 Å². The number of pyridine rings is 1. The number of rotatable bonds is 4. The van der Waals surface area contributed by atoms with Crippen molar-refractivity contribution in [1.29, 1.82) is 5.41 Å². The Kier molecular flexibility index (Phi) is 4.83. The lowest BCUT2D eigenvalue weighted by Crippen LogP contribution is -2.30. The van der Waals surface area contributed by atoms with Crippen LogP contribution < -0.4 is 5.32 Å². The summed E-state index contributed by atoms with van der Waals surface area (Å²) in [7, 11) is 0. The van der Waals surface area contributed by atoms with Gasteiger partial charge in [0.05, 0.1) is 11.7 Å². The molecule has 0 spiro atoms. The number of halogens is 1.